The highest BCUT2D eigenvalue weighted by molar-refractivity contribution is 5.94. The predicted octanol–water partition coefficient (Wildman–Crippen LogP) is 4.23. The van der Waals surface area contributed by atoms with E-state index in [9.17, 15) is 14.9 Å². The summed E-state index contributed by atoms with van der Waals surface area (Å²) in [4.78, 5) is 23.2. The second-order valence-corrected chi connectivity index (χ2v) is 7.81. The molecule has 0 aliphatic rings. The van der Waals surface area contributed by atoms with Crippen molar-refractivity contribution in [2.24, 2.45) is 0 Å². The number of carbonyl (C=O) groups is 1. The molecular weight excluding hydrogens is 406 g/mol. The van der Waals surface area contributed by atoms with Gasteiger partial charge in [0.05, 0.1) is 11.5 Å². The quantitative estimate of drug-likeness (QED) is 0.257. The van der Waals surface area contributed by atoms with Crippen LogP contribution in [-0.2, 0) is 13.1 Å². The summed E-state index contributed by atoms with van der Waals surface area (Å²) in [6, 6.07) is 17.6. The Labute approximate surface area is 185 Å². The predicted molar refractivity (Wildman–Crippen MR) is 123 cm³/mol. The molecule has 2 aromatic carbocycles. The molecule has 8 nitrogen and oxygen atoms in total. The maximum absolute atomic E-state index is 12.5. The van der Waals surface area contributed by atoms with Crippen molar-refractivity contribution in [2.45, 2.75) is 33.4 Å². The molecule has 2 aromatic heterocycles. The first kappa shape index (κ1) is 21.3. The van der Waals surface area contributed by atoms with E-state index >= 15 is 0 Å². The van der Waals surface area contributed by atoms with Gasteiger partial charge in [0.1, 0.15) is 11.4 Å². The highest BCUT2D eigenvalue weighted by atomic mass is 16.6. The normalized spacial score (nSPS) is 11.1. The lowest BCUT2D eigenvalue weighted by Crippen LogP contribution is -2.25. The number of aromatic nitrogens is 3. The summed E-state index contributed by atoms with van der Waals surface area (Å²) in [6.07, 6.45) is 2.90. The fourth-order valence-electron chi connectivity index (χ4n) is 3.93. The van der Waals surface area contributed by atoms with Crippen LogP contribution >= 0.6 is 0 Å². The van der Waals surface area contributed by atoms with Crippen LogP contribution in [0.4, 0.5) is 5.69 Å². The summed E-state index contributed by atoms with van der Waals surface area (Å²) in [5.41, 5.74) is 3.67. The minimum Gasteiger partial charge on any atom is -0.352 e. The Morgan fingerprint density at radius 1 is 1.09 bits per heavy atom. The van der Waals surface area contributed by atoms with Crippen molar-refractivity contribution in [3.63, 3.8) is 0 Å². The van der Waals surface area contributed by atoms with E-state index in [4.69, 9.17) is 0 Å². The zero-order chi connectivity index (χ0) is 22.7. The van der Waals surface area contributed by atoms with Crippen molar-refractivity contribution in [3.05, 3.63) is 93.4 Å². The first-order chi connectivity index (χ1) is 15.4. The Kier molecular flexibility index (Phi) is 6.02. The lowest BCUT2D eigenvalue weighted by Gasteiger charge is -2.08. The average Bonchev–Trinajstić information content (AvgIpc) is 3.31. The number of nitro groups is 1. The molecule has 1 amide bonds. The van der Waals surface area contributed by atoms with Gasteiger partial charge in [0.2, 0.25) is 0 Å². The fraction of sp³-hybridized carbons (Fsp3) is 0.250. The Morgan fingerprint density at radius 3 is 2.56 bits per heavy atom. The number of hydrogen-bond acceptors (Lipinski definition) is 4. The molecule has 4 aromatic rings. The van der Waals surface area contributed by atoms with Crippen LogP contribution in [0.2, 0.25) is 0 Å². The number of fused-ring (bicyclic) bond motifs is 1. The molecule has 0 saturated carbocycles. The number of benzene rings is 2. The smallest absolute Gasteiger partial charge is 0.312 e. The van der Waals surface area contributed by atoms with E-state index in [-0.39, 0.29) is 11.6 Å². The molecule has 8 heteroatoms. The Hall–Kier alpha value is -3.94. The van der Waals surface area contributed by atoms with Gasteiger partial charge in [-0.1, -0.05) is 30.3 Å². The minimum atomic E-state index is -0.402. The second-order valence-electron chi connectivity index (χ2n) is 7.81. The summed E-state index contributed by atoms with van der Waals surface area (Å²) in [5, 5.41) is 19.6. The van der Waals surface area contributed by atoms with Crippen LogP contribution in [0.25, 0.3) is 10.9 Å². The van der Waals surface area contributed by atoms with Crippen LogP contribution < -0.4 is 5.32 Å². The molecule has 32 heavy (non-hydrogen) atoms. The number of hydrogen-bond donors (Lipinski definition) is 1. The molecule has 2 heterocycles. The molecule has 0 bridgehead atoms. The van der Waals surface area contributed by atoms with E-state index < -0.39 is 4.92 Å². The largest absolute Gasteiger partial charge is 0.352 e. The van der Waals surface area contributed by atoms with Crippen molar-refractivity contribution in [1.82, 2.24) is 19.7 Å². The Bertz CT molecular complexity index is 1270. The van der Waals surface area contributed by atoms with Crippen molar-refractivity contribution < 1.29 is 9.72 Å². The fourth-order valence-corrected chi connectivity index (χ4v) is 3.93. The van der Waals surface area contributed by atoms with Gasteiger partial charge in [-0.25, -0.2) is 0 Å². The molecule has 4 rings (SSSR count). The van der Waals surface area contributed by atoms with Crippen molar-refractivity contribution in [1.29, 1.82) is 0 Å². The summed E-state index contributed by atoms with van der Waals surface area (Å²) >= 11 is 0. The number of aryl methyl sites for hydroxylation is 2. The monoisotopic (exact) mass is 431 g/mol. The maximum Gasteiger partial charge on any atom is 0.312 e. The van der Waals surface area contributed by atoms with Gasteiger partial charge >= 0.3 is 5.69 Å². The molecule has 0 aliphatic heterocycles. The molecule has 0 aliphatic carbocycles. The Morgan fingerprint density at radius 2 is 1.84 bits per heavy atom. The van der Waals surface area contributed by atoms with Crippen LogP contribution in [0.5, 0.6) is 0 Å². The number of para-hydroxylation sites is 1. The number of nitrogens with zero attached hydrogens (tertiary/aromatic N) is 4. The Balaban J connectivity index is 1.30. The zero-order valence-electron chi connectivity index (χ0n) is 18.1. The van der Waals surface area contributed by atoms with Gasteiger partial charge < -0.3 is 9.88 Å². The van der Waals surface area contributed by atoms with Gasteiger partial charge in [-0.2, -0.15) is 5.10 Å². The molecule has 0 spiro atoms. The number of nitrogens with one attached hydrogen (secondary N) is 1. The molecular formula is C24H25N5O3. The first-order valence-electron chi connectivity index (χ1n) is 10.5. The number of rotatable bonds is 8. The van der Waals surface area contributed by atoms with E-state index in [1.54, 1.807) is 30.7 Å². The van der Waals surface area contributed by atoms with Crippen LogP contribution in [-0.4, -0.2) is 31.7 Å². The highest BCUT2D eigenvalue weighted by Gasteiger charge is 2.21. The highest BCUT2D eigenvalue weighted by Crippen LogP contribution is 2.22. The van der Waals surface area contributed by atoms with Crippen LogP contribution in [0.1, 0.15) is 33.7 Å². The summed E-state index contributed by atoms with van der Waals surface area (Å²) < 4.78 is 3.81. The minimum absolute atomic E-state index is 0.0499. The molecule has 1 N–H and O–H groups in total. The van der Waals surface area contributed by atoms with Crippen LogP contribution in [0, 0.1) is 24.0 Å². The van der Waals surface area contributed by atoms with E-state index in [1.807, 2.05) is 24.3 Å². The van der Waals surface area contributed by atoms with Gasteiger partial charge in [0.25, 0.3) is 5.91 Å². The van der Waals surface area contributed by atoms with Gasteiger partial charge in [0.15, 0.2) is 0 Å². The first-order valence-corrected chi connectivity index (χ1v) is 10.5. The molecule has 0 unspecified atom stereocenters. The lowest BCUT2D eigenvalue weighted by molar-refractivity contribution is -0.386. The zero-order valence-corrected chi connectivity index (χ0v) is 18.1. The van der Waals surface area contributed by atoms with Gasteiger partial charge in [0, 0.05) is 30.4 Å². The van der Waals surface area contributed by atoms with Crippen molar-refractivity contribution >= 4 is 22.5 Å². The summed E-state index contributed by atoms with van der Waals surface area (Å²) in [5.74, 6) is -0.115. The van der Waals surface area contributed by atoms with E-state index in [1.165, 1.54) is 10.9 Å². The second kappa shape index (κ2) is 9.05. The third kappa shape index (κ3) is 4.39. The standard InChI is InChI=1S/C24H25N5O3/c1-17-23(29(31)32)18(2)28(26-17)16-19-8-10-21(11-9-19)24(30)25-13-5-14-27-15-12-20-6-3-4-7-22(20)27/h3-4,6-12,15H,5,13-14,16H2,1-2H3,(H,25,30). The average molecular weight is 431 g/mol. The third-order valence-electron chi connectivity index (χ3n) is 5.62. The van der Waals surface area contributed by atoms with Crippen molar-refractivity contribution in [3.8, 4) is 0 Å². The van der Waals surface area contributed by atoms with E-state index in [2.05, 4.69) is 39.4 Å². The maximum atomic E-state index is 12.5. The van der Waals surface area contributed by atoms with Gasteiger partial charge in [-0.05, 0) is 55.5 Å². The SMILES string of the molecule is Cc1nn(Cc2ccc(C(=O)NCCCn3ccc4ccccc43)cc2)c(C)c1[N+](=O)[O-]. The molecule has 0 radical (unpaired) electrons. The summed E-state index contributed by atoms with van der Waals surface area (Å²) in [6.45, 7) is 5.15. The molecule has 0 fully saturated rings. The van der Waals surface area contributed by atoms with Crippen LogP contribution in [0.3, 0.4) is 0 Å². The third-order valence-corrected chi connectivity index (χ3v) is 5.62. The van der Waals surface area contributed by atoms with Gasteiger partial charge in [-0.3, -0.25) is 19.6 Å². The molecule has 0 saturated heterocycles. The van der Waals surface area contributed by atoms with E-state index in [0.717, 1.165) is 18.5 Å². The topological polar surface area (TPSA) is 95.0 Å². The van der Waals surface area contributed by atoms with Gasteiger partial charge in [-0.15, -0.1) is 0 Å². The van der Waals surface area contributed by atoms with Crippen LogP contribution in [0.15, 0.2) is 60.8 Å². The van der Waals surface area contributed by atoms with Crippen molar-refractivity contribution in [2.75, 3.05) is 6.54 Å². The lowest BCUT2D eigenvalue weighted by atomic mass is 10.1. The molecule has 0 atom stereocenters. The number of carbonyl (C=O) groups excluding carboxylic acids is 1. The molecule has 164 valence electrons. The number of amides is 1. The summed E-state index contributed by atoms with van der Waals surface area (Å²) in [7, 11) is 0. The van der Waals surface area contributed by atoms with E-state index in [0.29, 0.717) is 30.0 Å².